The van der Waals surface area contributed by atoms with Gasteiger partial charge in [0.2, 0.25) is 5.88 Å². The first-order valence-corrected chi connectivity index (χ1v) is 8.95. The van der Waals surface area contributed by atoms with Crippen LogP contribution in [0.2, 0.25) is 0 Å². The lowest BCUT2D eigenvalue weighted by molar-refractivity contribution is -0.133. The molecule has 6 heteroatoms. The van der Waals surface area contributed by atoms with Crippen molar-refractivity contribution in [3.05, 3.63) is 64.4 Å². The minimum absolute atomic E-state index is 0.265. The van der Waals surface area contributed by atoms with E-state index in [4.69, 9.17) is 14.3 Å². The van der Waals surface area contributed by atoms with Crippen molar-refractivity contribution in [1.29, 1.82) is 0 Å². The van der Waals surface area contributed by atoms with Crippen LogP contribution in [-0.2, 0) is 21.0 Å². The van der Waals surface area contributed by atoms with E-state index in [1.54, 1.807) is 13.0 Å². The molecule has 1 heterocycles. The zero-order valence-electron chi connectivity index (χ0n) is 17.2. The van der Waals surface area contributed by atoms with Crippen LogP contribution in [0.4, 0.5) is 0 Å². The Morgan fingerprint density at radius 2 is 1.89 bits per heavy atom. The molecule has 0 bridgehead atoms. The lowest BCUT2D eigenvalue weighted by atomic mass is 10.00. The van der Waals surface area contributed by atoms with Crippen LogP contribution in [0.3, 0.4) is 0 Å². The van der Waals surface area contributed by atoms with Crippen molar-refractivity contribution in [3.63, 3.8) is 0 Å². The van der Waals surface area contributed by atoms with Gasteiger partial charge in [0, 0.05) is 5.56 Å². The molecular weight excluding hydrogens is 356 g/mol. The number of aryl methyl sites for hydroxylation is 2. The van der Waals surface area contributed by atoms with Gasteiger partial charge in [-0.15, -0.1) is 0 Å². The fourth-order valence-electron chi connectivity index (χ4n) is 2.97. The molecule has 0 radical (unpaired) electrons. The molecule has 0 fully saturated rings. The van der Waals surface area contributed by atoms with Crippen LogP contribution in [0, 0.1) is 13.8 Å². The Kier molecular flexibility index (Phi) is 7.32. The van der Waals surface area contributed by atoms with Gasteiger partial charge in [-0.25, -0.2) is 9.78 Å². The van der Waals surface area contributed by atoms with Crippen molar-refractivity contribution >= 4 is 17.3 Å². The maximum absolute atomic E-state index is 12.1. The van der Waals surface area contributed by atoms with E-state index >= 15 is 0 Å². The molecule has 0 N–H and O–H groups in total. The number of aromatic nitrogens is 1. The SMILES string of the molecule is C/C=C(\C(=O)OC)c1ccccc1COc1nc(/C(C)=N\OC)c(C)cc1C. The Labute approximate surface area is 165 Å². The van der Waals surface area contributed by atoms with Crippen LogP contribution in [0.5, 0.6) is 5.88 Å². The van der Waals surface area contributed by atoms with Gasteiger partial charge in [-0.2, -0.15) is 0 Å². The first-order valence-electron chi connectivity index (χ1n) is 8.95. The number of ether oxygens (including phenoxy) is 2. The summed E-state index contributed by atoms with van der Waals surface area (Å²) in [7, 11) is 2.87. The highest BCUT2D eigenvalue weighted by Gasteiger charge is 2.16. The number of oxime groups is 1. The molecule has 148 valence electrons. The summed E-state index contributed by atoms with van der Waals surface area (Å²) in [5.41, 5.74) is 5.45. The first kappa shape index (κ1) is 21.2. The second-order valence-corrected chi connectivity index (χ2v) is 6.27. The number of carbonyl (C=O) groups excluding carboxylic acids is 1. The number of esters is 1. The zero-order valence-corrected chi connectivity index (χ0v) is 17.2. The molecule has 0 amide bonds. The van der Waals surface area contributed by atoms with Gasteiger partial charge in [0.05, 0.1) is 18.4 Å². The van der Waals surface area contributed by atoms with Gasteiger partial charge in [-0.3, -0.25) is 0 Å². The van der Waals surface area contributed by atoms with E-state index in [0.29, 0.717) is 17.2 Å². The summed E-state index contributed by atoms with van der Waals surface area (Å²) < 4.78 is 10.9. The Morgan fingerprint density at radius 3 is 2.54 bits per heavy atom. The monoisotopic (exact) mass is 382 g/mol. The first-order chi connectivity index (χ1) is 13.4. The van der Waals surface area contributed by atoms with Crippen molar-refractivity contribution in [3.8, 4) is 5.88 Å². The second-order valence-electron chi connectivity index (χ2n) is 6.27. The van der Waals surface area contributed by atoms with Crippen LogP contribution in [0.25, 0.3) is 5.57 Å². The van der Waals surface area contributed by atoms with Gasteiger partial charge >= 0.3 is 5.97 Å². The number of rotatable bonds is 7. The number of hydrogen-bond donors (Lipinski definition) is 0. The molecule has 0 saturated heterocycles. The van der Waals surface area contributed by atoms with Crippen molar-refractivity contribution in [2.75, 3.05) is 14.2 Å². The van der Waals surface area contributed by atoms with E-state index in [1.807, 2.05) is 51.1 Å². The molecule has 0 unspecified atom stereocenters. The number of carbonyl (C=O) groups is 1. The maximum Gasteiger partial charge on any atom is 0.338 e. The zero-order chi connectivity index (χ0) is 20.7. The van der Waals surface area contributed by atoms with Gasteiger partial charge in [0.25, 0.3) is 0 Å². The van der Waals surface area contributed by atoms with Crippen molar-refractivity contribution in [1.82, 2.24) is 4.98 Å². The predicted molar refractivity (Wildman–Crippen MR) is 109 cm³/mol. The number of allylic oxidation sites excluding steroid dienone is 1. The van der Waals surface area contributed by atoms with Crippen LogP contribution in [-0.4, -0.2) is 30.9 Å². The van der Waals surface area contributed by atoms with Gasteiger partial charge in [0.1, 0.15) is 19.4 Å². The van der Waals surface area contributed by atoms with Gasteiger partial charge < -0.3 is 14.3 Å². The smallest absolute Gasteiger partial charge is 0.338 e. The van der Waals surface area contributed by atoms with Crippen molar-refractivity contribution < 1.29 is 19.1 Å². The van der Waals surface area contributed by atoms with Crippen LogP contribution in [0.15, 0.2) is 41.6 Å². The number of pyridine rings is 1. The highest BCUT2D eigenvalue weighted by Crippen LogP contribution is 2.24. The Bertz CT molecular complexity index is 917. The molecule has 1 aromatic carbocycles. The number of hydrogen-bond acceptors (Lipinski definition) is 6. The summed E-state index contributed by atoms with van der Waals surface area (Å²) in [5, 5.41) is 3.96. The second kappa shape index (κ2) is 9.69. The molecule has 0 atom stereocenters. The minimum Gasteiger partial charge on any atom is -0.473 e. The standard InChI is InChI=1S/C22H26N2O4/c1-7-18(22(25)26-5)19-11-9-8-10-17(19)13-28-21-15(3)12-14(2)20(23-21)16(4)24-27-6/h7-12H,13H2,1-6H3/b18-7-,24-16-. The summed E-state index contributed by atoms with van der Waals surface area (Å²) in [5.74, 6) is 0.134. The van der Waals surface area contributed by atoms with Crippen molar-refractivity contribution in [2.45, 2.75) is 34.3 Å². The third-order valence-electron chi connectivity index (χ3n) is 4.29. The molecule has 1 aromatic heterocycles. The summed E-state index contributed by atoms with van der Waals surface area (Å²) in [6, 6.07) is 9.58. The summed E-state index contributed by atoms with van der Waals surface area (Å²) in [6.07, 6.45) is 1.74. The van der Waals surface area contributed by atoms with E-state index in [1.165, 1.54) is 14.2 Å². The molecular formula is C22H26N2O4. The molecule has 0 spiro atoms. The van der Waals surface area contributed by atoms with Crippen molar-refractivity contribution in [2.24, 2.45) is 5.16 Å². The topological polar surface area (TPSA) is 70.0 Å². The molecule has 0 aliphatic rings. The Hall–Kier alpha value is -3.15. The molecule has 0 aliphatic heterocycles. The third kappa shape index (κ3) is 4.76. The van der Waals surface area contributed by atoms with E-state index < -0.39 is 0 Å². The quantitative estimate of drug-likeness (QED) is 0.310. The molecule has 6 nitrogen and oxygen atoms in total. The molecule has 28 heavy (non-hydrogen) atoms. The predicted octanol–water partition coefficient (Wildman–Crippen LogP) is 4.22. The highest BCUT2D eigenvalue weighted by atomic mass is 16.6. The molecule has 0 aliphatic carbocycles. The Balaban J connectivity index is 2.34. The van der Waals surface area contributed by atoms with E-state index in [0.717, 1.165) is 27.9 Å². The molecule has 0 saturated carbocycles. The minimum atomic E-state index is -0.381. The van der Waals surface area contributed by atoms with E-state index in [-0.39, 0.29) is 12.6 Å². The summed E-state index contributed by atoms with van der Waals surface area (Å²) in [6.45, 7) is 7.82. The van der Waals surface area contributed by atoms with Crippen LogP contribution < -0.4 is 4.74 Å². The van der Waals surface area contributed by atoms with E-state index in [2.05, 4.69) is 10.1 Å². The maximum atomic E-state index is 12.1. The van der Waals surface area contributed by atoms with Crippen LogP contribution >= 0.6 is 0 Å². The van der Waals surface area contributed by atoms with Gasteiger partial charge in [0.15, 0.2) is 0 Å². The number of nitrogens with zero attached hydrogens (tertiary/aromatic N) is 2. The lowest BCUT2D eigenvalue weighted by Crippen LogP contribution is -2.10. The normalized spacial score (nSPS) is 11.9. The van der Waals surface area contributed by atoms with Crippen LogP contribution in [0.1, 0.15) is 41.8 Å². The van der Waals surface area contributed by atoms with Gasteiger partial charge in [-0.05, 0) is 50.5 Å². The molecule has 2 rings (SSSR count). The molecule has 2 aromatic rings. The fourth-order valence-corrected chi connectivity index (χ4v) is 2.97. The summed E-state index contributed by atoms with van der Waals surface area (Å²) >= 11 is 0. The third-order valence-corrected chi connectivity index (χ3v) is 4.29. The van der Waals surface area contributed by atoms with Gasteiger partial charge in [-0.1, -0.05) is 35.5 Å². The number of methoxy groups -OCH3 is 1. The Morgan fingerprint density at radius 1 is 1.18 bits per heavy atom. The lowest BCUT2D eigenvalue weighted by Gasteiger charge is -2.15. The average molecular weight is 382 g/mol. The fraction of sp³-hybridized carbons (Fsp3) is 0.318. The highest BCUT2D eigenvalue weighted by molar-refractivity contribution is 6.16. The number of benzene rings is 1. The largest absolute Gasteiger partial charge is 0.473 e. The van der Waals surface area contributed by atoms with E-state index in [9.17, 15) is 4.79 Å². The average Bonchev–Trinajstić information content (AvgIpc) is 2.68. The summed E-state index contributed by atoms with van der Waals surface area (Å²) in [4.78, 5) is 21.5.